The van der Waals surface area contributed by atoms with Crippen molar-refractivity contribution in [3.63, 3.8) is 0 Å². The Morgan fingerprint density at radius 3 is 2.57 bits per heavy atom. The summed E-state index contributed by atoms with van der Waals surface area (Å²) in [6.45, 7) is 4.19. The van der Waals surface area contributed by atoms with Crippen molar-refractivity contribution in [2.24, 2.45) is 4.99 Å². The minimum Gasteiger partial charge on any atom is -0.306 e. The first kappa shape index (κ1) is 9.00. The van der Waals surface area contributed by atoms with Crippen molar-refractivity contribution >= 4 is 12.0 Å². The second-order valence-electron chi connectivity index (χ2n) is 3.52. The summed E-state index contributed by atoms with van der Waals surface area (Å²) in [5.74, 6) is 0. The minimum atomic E-state index is 0.301. The minimum absolute atomic E-state index is 0.301. The summed E-state index contributed by atoms with van der Waals surface area (Å²) in [6, 6.07) is 10.6. The Hall–Kier alpha value is -1.57. The van der Waals surface area contributed by atoms with E-state index in [-0.39, 0.29) is 0 Å². The molecule has 1 aliphatic rings. The van der Waals surface area contributed by atoms with E-state index in [0.717, 1.165) is 5.69 Å². The lowest BCUT2D eigenvalue weighted by atomic mass is 10.2. The van der Waals surface area contributed by atoms with E-state index in [1.807, 2.05) is 24.5 Å². The molecular weight excluding hydrogens is 172 g/mol. The molecule has 1 aliphatic heterocycles. The molecule has 0 fully saturated rings. The Bertz CT molecular complexity index is 365. The molecule has 2 heteroatoms. The van der Waals surface area contributed by atoms with Gasteiger partial charge in [-0.15, -0.1) is 0 Å². The predicted molar refractivity (Wildman–Crippen MR) is 60.6 cm³/mol. The lowest BCUT2D eigenvalue weighted by Gasteiger charge is -2.24. The lowest BCUT2D eigenvalue weighted by molar-refractivity contribution is 0.888. The molecule has 2 nitrogen and oxygen atoms in total. The maximum Gasteiger partial charge on any atom is 0.0944 e. The summed E-state index contributed by atoms with van der Waals surface area (Å²) < 4.78 is 0. The van der Waals surface area contributed by atoms with Crippen LogP contribution in [0.3, 0.4) is 0 Å². The van der Waals surface area contributed by atoms with Gasteiger partial charge in [-0.25, -0.2) is 0 Å². The van der Waals surface area contributed by atoms with Crippen molar-refractivity contribution in [2.45, 2.75) is 19.9 Å². The Kier molecular flexibility index (Phi) is 2.35. The monoisotopic (exact) mass is 186 g/mol. The number of rotatable bonds is 1. The molecule has 2 rings (SSSR count). The number of anilines is 1. The molecule has 0 N–H and O–H groups in total. The van der Waals surface area contributed by atoms with Gasteiger partial charge in [0.2, 0.25) is 0 Å². The highest BCUT2D eigenvalue weighted by atomic mass is 15.2. The zero-order valence-corrected chi connectivity index (χ0v) is 8.51. The van der Waals surface area contributed by atoms with Gasteiger partial charge in [-0.1, -0.05) is 18.2 Å². The van der Waals surface area contributed by atoms with Crippen molar-refractivity contribution in [2.75, 3.05) is 4.90 Å². The molecule has 1 aromatic rings. The summed E-state index contributed by atoms with van der Waals surface area (Å²) in [5, 5.41) is 0. The molecule has 0 radical (unpaired) electrons. The van der Waals surface area contributed by atoms with Gasteiger partial charge in [-0.05, 0) is 32.1 Å². The third-order valence-corrected chi connectivity index (χ3v) is 2.31. The quantitative estimate of drug-likeness (QED) is 0.658. The first-order valence-corrected chi connectivity index (χ1v) is 4.83. The van der Waals surface area contributed by atoms with Crippen molar-refractivity contribution in [1.29, 1.82) is 0 Å². The maximum atomic E-state index is 4.36. The standard InChI is InChI=1S/C12H14N2/c1-10-8-11(2)14(9-13-10)12-6-4-3-5-7-12/h3-10H,1-2H3/t10-/m1/s1. The molecule has 0 aromatic heterocycles. The van der Waals surface area contributed by atoms with Crippen LogP contribution in [0.25, 0.3) is 0 Å². The molecule has 0 spiro atoms. The third kappa shape index (κ3) is 1.69. The zero-order valence-electron chi connectivity index (χ0n) is 8.51. The summed E-state index contributed by atoms with van der Waals surface area (Å²) in [4.78, 5) is 6.46. The van der Waals surface area contributed by atoms with Crippen LogP contribution >= 0.6 is 0 Å². The number of hydrogen-bond donors (Lipinski definition) is 0. The van der Waals surface area contributed by atoms with E-state index in [1.165, 1.54) is 5.70 Å². The van der Waals surface area contributed by atoms with Crippen molar-refractivity contribution in [1.82, 2.24) is 0 Å². The van der Waals surface area contributed by atoms with Crippen LogP contribution in [0.5, 0.6) is 0 Å². The average molecular weight is 186 g/mol. The van der Waals surface area contributed by atoms with E-state index < -0.39 is 0 Å². The molecule has 0 saturated heterocycles. The Morgan fingerprint density at radius 2 is 1.93 bits per heavy atom. The largest absolute Gasteiger partial charge is 0.306 e. The summed E-state index contributed by atoms with van der Waals surface area (Å²) in [7, 11) is 0. The van der Waals surface area contributed by atoms with Gasteiger partial charge in [0.25, 0.3) is 0 Å². The summed E-state index contributed by atoms with van der Waals surface area (Å²) in [5.41, 5.74) is 2.40. The highest BCUT2D eigenvalue weighted by Crippen LogP contribution is 2.19. The van der Waals surface area contributed by atoms with Crippen LogP contribution in [0, 0.1) is 0 Å². The lowest BCUT2D eigenvalue weighted by Crippen LogP contribution is -2.24. The Morgan fingerprint density at radius 1 is 1.21 bits per heavy atom. The van der Waals surface area contributed by atoms with Crippen LogP contribution in [0.2, 0.25) is 0 Å². The van der Waals surface area contributed by atoms with Gasteiger partial charge in [0.1, 0.15) is 0 Å². The van der Waals surface area contributed by atoms with Crippen LogP contribution in [0.15, 0.2) is 47.1 Å². The average Bonchev–Trinajstić information content (AvgIpc) is 2.19. The fourth-order valence-corrected chi connectivity index (χ4v) is 1.59. The van der Waals surface area contributed by atoms with Crippen LogP contribution in [-0.4, -0.2) is 12.4 Å². The summed E-state index contributed by atoms with van der Waals surface area (Å²) >= 11 is 0. The number of hydrogen-bond acceptors (Lipinski definition) is 2. The first-order chi connectivity index (χ1) is 6.77. The van der Waals surface area contributed by atoms with E-state index in [0.29, 0.717) is 6.04 Å². The highest BCUT2D eigenvalue weighted by Gasteiger charge is 2.10. The second-order valence-corrected chi connectivity index (χ2v) is 3.52. The highest BCUT2D eigenvalue weighted by molar-refractivity contribution is 5.84. The van der Waals surface area contributed by atoms with E-state index in [2.05, 4.69) is 41.9 Å². The molecular formula is C12H14N2. The Balaban J connectivity index is 2.29. The molecule has 1 heterocycles. The normalized spacial score (nSPS) is 20.9. The molecule has 1 aromatic carbocycles. The number of para-hydroxylation sites is 1. The number of benzene rings is 1. The van der Waals surface area contributed by atoms with Crippen LogP contribution in [0.4, 0.5) is 5.69 Å². The number of allylic oxidation sites excluding steroid dienone is 1. The number of aliphatic imine (C=N–C) groups is 1. The van der Waals surface area contributed by atoms with Gasteiger partial charge in [-0.3, -0.25) is 4.99 Å². The van der Waals surface area contributed by atoms with E-state index in [9.17, 15) is 0 Å². The SMILES string of the molecule is CC1=C[C@@H](C)N=CN1c1ccccc1. The van der Waals surface area contributed by atoms with E-state index in [1.54, 1.807) is 0 Å². The van der Waals surface area contributed by atoms with Crippen molar-refractivity contribution < 1.29 is 0 Å². The molecule has 0 amide bonds. The number of nitrogens with zero attached hydrogens (tertiary/aromatic N) is 2. The summed E-state index contributed by atoms with van der Waals surface area (Å²) in [6.07, 6.45) is 4.06. The third-order valence-electron chi connectivity index (χ3n) is 2.31. The molecule has 0 aliphatic carbocycles. The van der Waals surface area contributed by atoms with Gasteiger partial charge >= 0.3 is 0 Å². The Labute approximate surface area is 84.6 Å². The molecule has 72 valence electrons. The topological polar surface area (TPSA) is 15.6 Å². The fraction of sp³-hybridized carbons (Fsp3) is 0.250. The van der Waals surface area contributed by atoms with Gasteiger partial charge in [0, 0.05) is 11.4 Å². The molecule has 0 bridgehead atoms. The first-order valence-electron chi connectivity index (χ1n) is 4.83. The molecule has 0 saturated carbocycles. The van der Waals surface area contributed by atoms with Gasteiger partial charge in [-0.2, -0.15) is 0 Å². The van der Waals surface area contributed by atoms with Gasteiger partial charge < -0.3 is 4.90 Å². The smallest absolute Gasteiger partial charge is 0.0944 e. The maximum absolute atomic E-state index is 4.36. The second kappa shape index (κ2) is 3.66. The van der Waals surface area contributed by atoms with Gasteiger partial charge in [0.05, 0.1) is 12.4 Å². The van der Waals surface area contributed by atoms with E-state index >= 15 is 0 Å². The van der Waals surface area contributed by atoms with Crippen molar-refractivity contribution in [3.8, 4) is 0 Å². The molecule has 1 atom stereocenters. The molecule has 0 unspecified atom stereocenters. The molecule has 14 heavy (non-hydrogen) atoms. The fourth-order valence-electron chi connectivity index (χ4n) is 1.59. The van der Waals surface area contributed by atoms with E-state index in [4.69, 9.17) is 0 Å². The van der Waals surface area contributed by atoms with Crippen LogP contribution in [-0.2, 0) is 0 Å². The zero-order chi connectivity index (χ0) is 9.97. The van der Waals surface area contributed by atoms with Gasteiger partial charge in [0.15, 0.2) is 0 Å². The van der Waals surface area contributed by atoms with Crippen LogP contribution in [0.1, 0.15) is 13.8 Å². The van der Waals surface area contributed by atoms with Crippen LogP contribution < -0.4 is 4.90 Å². The predicted octanol–water partition coefficient (Wildman–Crippen LogP) is 2.83. The van der Waals surface area contributed by atoms with Crippen molar-refractivity contribution in [3.05, 3.63) is 42.1 Å².